The fraction of sp³-hybridized carbons (Fsp3) is 0.579. The van der Waals surface area contributed by atoms with Gasteiger partial charge in [-0.1, -0.05) is 24.4 Å². The van der Waals surface area contributed by atoms with E-state index in [9.17, 15) is 9.59 Å². The monoisotopic (exact) mass is 348 g/mol. The molecule has 130 valence electrons. The Morgan fingerprint density at radius 3 is 2.58 bits per heavy atom. The van der Waals surface area contributed by atoms with Crippen LogP contribution in [0.4, 0.5) is 0 Å². The molecule has 5 heteroatoms. The summed E-state index contributed by atoms with van der Waals surface area (Å²) in [5.74, 6) is 0.719. The molecule has 1 saturated carbocycles. The summed E-state index contributed by atoms with van der Waals surface area (Å²) in [6.07, 6.45) is 7.71. The van der Waals surface area contributed by atoms with Gasteiger partial charge in [0.15, 0.2) is 0 Å². The van der Waals surface area contributed by atoms with Gasteiger partial charge in [0.25, 0.3) is 5.91 Å². The third kappa shape index (κ3) is 4.10. The molecule has 24 heavy (non-hydrogen) atoms. The van der Waals surface area contributed by atoms with Gasteiger partial charge in [0.1, 0.15) is 0 Å². The van der Waals surface area contributed by atoms with Crippen LogP contribution in [0.2, 0.25) is 5.02 Å². The number of carbonyl (C=O) groups is 2. The Balaban J connectivity index is 1.48. The molecule has 2 atom stereocenters. The highest BCUT2D eigenvalue weighted by Crippen LogP contribution is 2.35. The van der Waals surface area contributed by atoms with Gasteiger partial charge < -0.3 is 10.2 Å². The zero-order chi connectivity index (χ0) is 16.9. The maximum atomic E-state index is 12.6. The smallest absolute Gasteiger partial charge is 0.251 e. The number of hydrogen-bond acceptors (Lipinski definition) is 2. The Morgan fingerprint density at radius 1 is 1.08 bits per heavy atom. The lowest BCUT2D eigenvalue weighted by Crippen LogP contribution is -2.50. The van der Waals surface area contributed by atoms with Crippen LogP contribution in [0.25, 0.3) is 0 Å². The molecule has 3 rings (SSSR count). The third-order valence-corrected chi connectivity index (χ3v) is 5.55. The summed E-state index contributed by atoms with van der Waals surface area (Å²) >= 11 is 5.82. The van der Waals surface area contributed by atoms with Crippen LogP contribution in [-0.4, -0.2) is 35.8 Å². The van der Waals surface area contributed by atoms with Gasteiger partial charge in [-0.3, -0.25) is 9.59 Å². The standard InChI is InChI=1S/C19H25ClN2O2/c20-16-9-7-15(8-10-16)19(24)21-12-11-18(23)22-13-3-5-14-4-1-2-6-17(14)22/h7-10,14,17H,1-6,11-13H2,(H,21,24)/t14-,17+/m0/s1. The molecule has 2 fully saturated rings. The summed E-state index contributed by atoms with van der Waals surface area (Å²) in [7, 11) is 0. The van der Waals surface area contributed by atoms with Crippen LogP contribution in [0, 0.1) is 5.92 Å². The highest BCUT2D eigenvalue weighted by molar-refractivity contribution is 6.30. The topological polar surface area (TPSA) is 49.4 Å². The molecular weight excluding hydrogens is 324 g/mol. The Labute approximate surface area is 148 Å². The van der Waals surface area contributed by atoms with Crippen molar-refractivity contribution in [1.82, 2.24) is 10.2 Å². The normalized spacial score (nSPS) is 23.5. The number of fused-ring (bicyclic) bond motifs is 1. The molecule has 0 bridgehead atoms. The molecule has 1 heterocycles. The van der Waals surface area contributed by atoms with E-state index < -0.39 is 0 Å². The number of amides is 2. The van der Waals surface area contributed by atoms with Crippen molar-refractivity contribution < 1.29 is 9.59 Å². The number of benzene rings is 1. The number of carbonyl (C=O) groups excluding carboxylic acids is 2. The van der Waals surface area contributed by atoms with E-state index in [4.69, 9.17) is 11.6 Å². The maximum absolute atomic E-state index is 12.6. The molecule has 0 aromatic heterocycles. The van der Waals surface area contributed by atoms with Gasteiger partial charge in [-0.05, 0) is 55.9 Å². The first-order valence-corrected chi connectivity index (χ1v) is 9.36. The highest BCUT2D eigenvalue weighted by Gasteiger charge is 2.35. The molecule has 4 nitrogen and oxygen atoms in total. The number of nitrogens with zero attached hydrogens (tertiary/aromatic N) is 1. The van der Waals surface area contributed by atoms with E-state index in [-0.39, 0.29) is 11.8 Å². The minimum absolute atomic E-state index is 0.159. The molecule has 1 saturated heterocycles. The van der Waals surface area contributed by atoms with Crippen molar-refractivity contribution in [3.8, 4) is 0 Å². The lowest BCUT2D eigenvalue weighted by atomic mass is 9.78. The molecule has 1 aromatic rings. The van der Waals surface area contributed by atoms with Gasteiger partial charge in [-0.25, -0.2) is 0 Å². The van der Waals surface area contributed by atoms with Gasteiger partial charge in [0.05, 0.1) is 0 Å². The second-order valence-electron chi connectivity index (χ2n) is 6.85. The van der Waals surface area contributed by atoms with Crippen LogP contribution in [0.1, 0.15) is 55.3 Å². The number of nitrogens with one attached hydrogen (secondary N) is 1. The molecular formula is C19H25ClN2O2. The van der Waals surface area contributed by atoms with Gasteiger partial charge in [0, 0.05) is 36.1 Å². The SMILES string of the molecule is O=C(NCCC(=O)N1CCC[C@@H]2CCCC[C@H]21)c1ccc(Cl)cc1. The van der Waals surface area contributed by atoms with Crippen molar-refractivity contribution in [2.45, 2.75) is 51.0 Å². The average molecular weight is 349 g/mol. The Hall–Kier alpha value is -1.55. The van der Waals surface area contributed by atoms with E-state index >= 15 is 0 Å². The van der Waals surface area contributed by atoms with Gasteiger partial charge in [-0.2, -0.15) is 0 Å². The predicted octanol–water partition coefficient (Wildman–Crippen LogP) is 3.64. The second-order valence-corrected chi connectivity index (χ2v) is 7.29. The van der Waals surface area contributed by atoms with Crippen molar-refractivity contribution in [3.05, 3.63) is 34.9 Å². The summed E-state index contributed by atoms with van der Waals surface area (Å²) in [5, 5.41) is 3.44. The number of rotatable bonds is 4. The largest absolute Gasteiger partial charge is 0.352 e. The van der Waals surface area contributed by atoms with Crippen molar-refractivity contribution in [1.29, 1.82) is 0 Å². The van der Waals surface area contributed by atoms with Gasteiger partial charge in [0.2, 0.25) is 5.91 Å². The number of halogens is 1. The molecule has 2 aliphatic rings. The van der Waals surface area contributed by atoms with Crippen molar-refractivity contribution in [2.75, 3.05) is 13.1 Å². The van der Waals surface area contributed by atoms with E-state index in [1.807, 2.05) is 0 Å². The highest BCUT2D eigenvalue weighted by atomic mass is 35.5. The quantitative estimate of drug-likeness (QED) is 0.903. The van der Waals surface area contributed by atoms with Crippen LogP contribution in [0.15, 0.2) is 24.3 Å². The minimum atomic E-state index is -0.159. The van der Waals surface area contributed by atoms with Crippen LogP contribution < -0.4 is 5.32 Å². The maximum Gasteiger partial charge on any atom is 0.251 e. The molecule has 1 N–H and O–H groups in total. The molecule has 1 aromatic carbocycles. The Morgan fingerprint density at radius 2 is 1.79 bits per heavy atom. The molecule has 2 amide bonds. The lowest BCUT2D eigenvalue weighted by molar-refractivity contribution is -0.137. The number of likely N-dealkylation sites (tertiary alicyclic amines) is 1. The van der Waals surface area contributed by atoms with Crippen LogP contribution in [0.5, 0.6) is 0 Å². The summed E-state index contributed by atoms with van der Waals surface area (Å²) in [6, 6.07) is 7.21. The van der Waals surface area contributed by atoms with E-state index in [1.165, 1.54) is 25.7 Å². The van der Waals surface area contributed by atoms with Gasteiger partial charge >= 0.3 is 0 Å². The van der Waals surface area contributed by atoms with Crippen LogP contribution >= 0.6 is 11.6 Å². The fourth-order valence-corrected chi connectivity index (χ4v) is 4.19. The molecule has 1 aliphatic heterocycles. The predicted molar refractivity (Wildman–Crippen MR) is 95.1 cm³/mol. The number of hydrogen-bond donors (Lipinski definition) is 1. The van der Waals surface area contributed by atoms with E-state index in [2.05, 4.69) is 10.2 Å². The van der Waals surface area contributed by atoms with E-state index in [1.54, 1.807) is 24.3 Å². The summed E-state index contributed by atoms with van der Waals surface area (Å²) in [6.45, 7) is 1.26. The summed E-state index contributed by atoms with van der Waals surface area (Å²) in [5.41, 5.74) is 0.567. The Bertz CT molecular complexity index is 586. The molecule has 0 unspecified atom stereocenters. The molecule has 1 aliphatic carbocycles. The fourth-order valence-electron chi connectivity index (χ4n) is 4.06. The third-order valence-electron chi connectivity index (χ3n) is 5.29. The zero-order valence-corrected chi connectivity index (χ0v) is 14.7. The summed E-state index contributed by atoms with van der Waals surface area (Å²) < 4.78 is 0. The Kier molecular flexibility index (Phi) is 5.77. The number of piperidine rings is 1. The molecule has 0 radical (unpaired) electrons. The van der Waals surface area contributed by atoms with Crippen LogP contribution in [-0.2, 0) is 4.79 Å². The van der Waals surface area contributed by atoms with E-state index in [0.717, 1.165) is 19.4 Å². The van der Waals surface area contributed by atoms with E-state index in [0.29, 0.717) is 35.5 Å². The van der Waals surface area contributed by atoms with Crippen molar-refractivity contribution >= 4 is 23.4 Å². The summed E-state index contributed by atoms with van der Waals surface area (Å²) in [4.78, 5) is 26.7. The second kappa shape index (κ2) is 8.02. The zero-order valence-electron chi connectivity index (χ0n) is 14.0. The lowest BCUT2D eigenvalue weighted by Gasteiger charge is -2.44. The minimum Gasteiger partial charge on any atom is -0.352 e. The van der Waals surface area contributed by atoms with Crippen molar-refractivity contribution in [2.24, 2.45) is 5.92 Å². The first kappa shape index (κ1) is 17.3. The first-order valence-electron chi connectivity index (χ1n) is 8.98. The van der Waals surface area contributed by atoms with Crippen molar-refractivity contribution in [3.63, 3.8) is 0 Å². The molecule has 0 spiro atoms. The first-order chi connectivity index (χ1) is 11.6. The van der Waals surface area contributed by atoms with Gasteiger partial charge in [-0.15, -0.1) is 0 Å². The average Bonchev–Trinajstić information content (AvgIpc) is 2.61. The van der Waals surface area contributed by atoms with Crippen LogP contribution in [0.3, 0.4) is 0 Å².